The number of aryl methyl sites for hydroxylation is 1. The van der Waals surface area contributed by atoms with Crippen LogP contribution in [0.5, 0.6) is 0 Å². The first-order valence-corrected chi connectivity index (χ1v) is 7.69. The molecule has 21 heavy (non-hydrogen) atoms. The Bertz CT molecular complexity index is 678. The van der Waals surface area contributed by atoms with Crippen molar-refractivity contribution in [3.8, 4) is 0 Å². The molecule has 2 N–H and O–H groups in total. The lowest BCUT2D eigenvalue weighted by atomic mass is 10.2. The van der Waals surface area contributed by atoms with E-state index in [0.717, 1.165) is 22.9 Å². The highest BCUT2D eigenvalue weighted by Gasteiger charge is 2.35. The van der Waals surface area contributed by atoms with Crippen molar-refractivity contribution in [2.75, 3.05) is 5.73 Å². The van der Waals surface area contributed by atoms with E-state index in [9.17, 15) is 4.79 Å². The molecule has 1 aliphatic rings. The Kier molecular flexibility index (Phi) is 3.71. The van der Waals surface area contributed by atoms with Crippen LogP contribution in [0.25, 0.3) is 0 Å². The molecule has 3 rings (SSSR count). The van der Waals surface area contributed by atoms with Crippen molar-refractivity contribution in [3.63, 3.8) is 0 Å². The summed E-state index contributed by atoms with van der Waals surface area (Å²) in [6.07, 6.45) is 3.75. The summed E-state index contributed by atoms with van der Waals surface area (Å²) in [5, 5.41) is 4.19. The number of hydrogen-bond donors (Lipinski definition) is 1. The number of aromatic nitrogens is 2. The molecule has 2 aromatic rings. The van der Waals surface area contributed by atoms with Gasteiger partial charge in [-0.15, -0.1) is 0 Å². The van der Waals surface area contributed by atoms with Crippen molar-refractivity contribution >= 4 is 27.5 Å². The van der Waals surface area contributed by atoms with Crippen molar-refractivity contribution < 1.29 is 4.79 Å². The van der Waals surface area contributed by atoms with Crippen LogP contribution in [0.2, 0.25) is 0 Å². The largest absolute Gasteiger partial charge is 0.396 e. The van der Waals surface area contributed by atoms with Crippen molar-refractivity contribution in [3.05, 3.63) is 46.2 Å². The predicted octanol–water partition coefficient (Wildman–Crippen LogP) is 2.57. The van der Waals surface area contributed by atoms with Gasteiger partial charge < -0.3 is 10.6 Å². The van der Waals surface area contributed by atoms with E-state index in [0.29, 0.717) is 24.0 Å². The summed E-state index contributed by atoms with van der Waals surface area (Å²) in [5.41, 5.74) is 7.75. The molecule has 1 amide bonds. The number of hydrogen-bond acceptors (Lipinski definition) is 3. The quantitative estimate of drug-likeness (QED) is 0.923. The Balaban J connectivity index is 1.87. The molecule has 1 fully saturated rings. The molecule has 0 radical (unpaired) electrons. The fraction of sp³-hybridized carbons (Fsp3) is 0.333. The normalized spacial score (nSPS) is 14.2. The zero-order valence-corrected chi connectivity index (χ0v) is 13.4. The molecule has 1 saturated carbocycles. The maximum atomic E-state index is 12.7. The molecule has 5 nitrogen and oxygen atoms in total. The number of rotatable bonds is 4. The van der Waals surface area contributed by atoms with Crippen LogP contribution in [0.1, 0.15) is 28.9 Å². The van der Waals surface area contributed by atoms with Gasteiger partial charge in [-0.05, 0) is 24.5 Å². The van der Waals surface area contributed by atoms with E-state index in [2.05, 4.69) is 21.0 Å². The third-order valence-electron chi connectivity index (χ3n) is 3.61. The van der Waals surface area contributed by atoms with Crippen molar-refractivity contribution in [1.29, 1.82) is 0 Å². The first-order valence-electron chi connectivity index (χ1n) is 6.89. The van der Waals surface area contributed by atoms with Crippen LogP contribution < -0.4 is 5.73 Å². The fourth-order valence-electron chi connectivity index (χ4n) is 2.37. The lowest BCUT2D eigenvalue weighted by molar-refractivity contribution is 0.0724. The number of nitrogen functional groups attached to an aromatic ring is 1. The Labute approximate surface area is 131 Å². The Hall–Kier alpha value is -1.82. The second kappa shape index (κ2) is 5.52. The van der Waals surface area contributed by atoms with E-state index in [1.54, 1.807) is 17.9 Å². The second-order valence-electron chi connectivity index (χ2n) is 5.36. The molecule has 1 heterocycles. The summed E-state index contributed by atoms with van der Waals surface area (Å²) >= 11 is 3.54. The van der Waals surface area contributed by atoms with Gasteiger partial charge in [-0.2, -0.15) is 5.10 Å². The van der Waals surface area contributed by atoms with Crippen LogP contribution in [0, 0.1) is 0 Å². The van der Waals surface area contributed by atoms with Crippen LogP contribution in [0.15, 0.2) is 34.9 Å². The molecule has 110 valence electrons. The lowest BCUT2D eigenvalue weighted by Crippen LogP contribution is -2.33. The second-order valence-corrected chi connectivity index (χ2v) is 6.22. The Morgan fingerprint density at radius 3 is 2.76 bits per heavy atom. The van der Waals surface area contributed by atoms with Gasteiger partial charge in [0, 0.05) is 30.3 Å². The van der Waals surface area contributed by atoms with Crippen LogP contribution in [-0.2, 0) is 13.6 Å². The van der Waals surface area contributed by atoms with E-state index in [4.69, 9.17) is 5.73 Å². The number of carbonyl (C=O) groups is 1. The number of anilines is 1. The average molecular weight is 349 g/mol. The molecule has 0 atom stereocenters. The first kappa shape index (κ1) is 14.1. The monoisotopic (exact) mass is 348 g/mol. The summed E-state index contributed by atoms with van der Waals surface area (Å²) < 4.78 is 2.59. The van der Waals surface area contributed by atoms with Gasteiger partial charge in [0.15, 0.2) is 5.69 Å². The molecular formula is C15H17BrN4O. The number of carbonyl (C=O) groups excluding carboxylic acids is 1. The zero-order valence-electron chi connectivity index (χ0n) is 11.8. The standard InChI is InChI=1S/C15H17BrN4O/c1-19-9-13(17)14(18-19)15(21)20(11-6-7-11)8-10-4-2-3-5-12(10)16/h2-5,9,11H,6-8,17H2,1H3. The topological polar surface area (TPSA) is 64.2 Å². The van der Waals surface area contributed by atoms with Crippen molar-refractivity contribution in [2.24, 2.45) is 7.05 Å². The Morgan fingerprint density at radius 2 is 2.19 bits per heavy atom. The highest BCUT2D eigenvalue weighted by atomic mass is 79.9. The minimum absolute atomic E-state index is 0.0913. The van der Waals surface area contributed by atoms with Crippen LogP contribution >= 0.6 is 15.9 Å². The van der Waals surface area contributed by atoms with Gasteiger partial charge in [0.1, 0.15) is 0 Å². The molecule has 1 aromatic carbocycles. The van der Waals surface area contributed by atoms with Crippen LogP contribution in [-0.4, -0.2) is 26.6 Å². The fourth-order valence-corrected chi connectivity index (χ4v) is 2.78. The number of halogens is 1. The molecule has 1 aromatic heterocycles. The zero-order chi connectivity index (χ0) is 15.0. The van der Waals surface area contributed by atoms with E-state index < -0.39 is 0 Å². The van der Waals surface area contributed by atoms with E-state index in [1.165, 1.54) is 0 Å². The lowest BCUT2D eigenvalue weighted by Gasteiger charge is -2.22. The van der Waals surface area contributed by atoms with Crippen molar-refractivity contribution in [1.82, 2.24) is 14.7 Å². The molecule has 0 aliphatic heterocycles. The number of amides is 1. The molecule has 0 unspecified atom stereocenters. The van der Waals surface area contributed by atoms with Crippen molar-refractivity contribution in [2.45, 2.75) is 25.4 Å². The number of benzene rings is 1. The summed E-state index contributed by atoms with van der Waals surface area (Å²) in [4.78, 5) is 14.6. The van der Waals surface area contributed by atoms with Crippen LogP contribution in [0.4, 0.5) is 5.69 Å². The molecule has 0 saturated heterocycles. The summed E-state index contributed by atoms with van der Waals surface area (Å²) in [6.45, 7) is 0.570. The van der Waals surface area contributed by atoms with Gasteiger partial charge in [-0.1, -0.05) is 34.1 Å². The highest BCUT2D eigenvalue weighted by Crippen LogP contribution is 2.31. The SMILES string of the molecule is Cn1cc(N)c(C(=O)N(Cc2ccccc2Br)C2CC2)n1. The van der Waals surface area contributed by atoms with Gasteiger partial charge in [0.05, 0.1) is 5.69 Å². The maximum Gasteiger partial charge on any atom is 0.277 e. The number of nitrogens with two attached hydrogens (primary N) is 1. The van der Waals surface area contributed by atoms with Gasteiger partial charge in [0.25, 0.3) is 5.91 Å². The summed E-state index contributed by atoms with van der Waals surface area (Å²) in [7, 11) is 1.77. The Morgan fingerprint density at radius 1 is 1.48 bits per heavy atom. The summed E-state index contributed by atoms with van der Waals surface area (Å²) in [5.74, 6) is -0.0913. The van der Waals surface area contributed by atoms with Gasteiger partial charge >= 0.3 is 0 Å². The molecule has 0 bridgehead atoms. The average Bonchev–Trinajstić information content (AvgIpc) is 3.22. The van der Waals surface area contributed by atoms with Gasteiger partial charge in [0.2, 0.25) is 0 Å². The van der Waals surface area contributed by atoms with Crippen LogP contribution in [0.3, 0.4) is 0 Å². The van der Waals surface area contributed by atoms with Gasteiger partial charge in [-0.25, -0.2) is 0 Å². The minimum atomic E-state index is -0.0913. The molecule has 1 aliphatic carbocycles. The molecule has 6 heteroatoms. The minimum Gasteiger partial charge on any atom is -0.396 e. The third-order valence-corrected chi connectivity index (χ3v) is 4.38. The predicted molar refractivity (Wildman–Crippen MR) is 84.7 cm³/mol. The van der Waals surface area contributed by atoms with E-state index >= 15 is 0 Å². The maximum absolute atomic E-state index is 12.7. The van der Waals surface area contributed by atoms with Gasteiger partial charge in [-0.3, -0.25) is 9.48 Å². The van der Waals surface area contributed by atoms with E-state index in [1.807, 2.05) is 29.2 Å². The molecular weight excluding hydrogens is 332 g/mol. The summed E-state index contributed by atoms with van der Waals surface area (Å²) in [6, 6.07) is 8.25. The first-order chi connectivity index (χ1) is 10.1. The highest BCUT2D eigenvalue weighted by molar-refractivity contribution is 9.10. The van der Waals surface area contributed by atoms with E-state index in [-0.39, 0.29) is 5.91 Å². The smallest absolute Gasteiger partial charge is 0.277 e. The third kappa shape index (κ3) is 2.95. The number of nitrogens with zero attached hydrogens (tertiary/aromatic N) is 3. The molecule has 0 spiro atoms.